The Bertz CT molecular complexity index is 1020. The average molecular weight is 341 g/mol. The van der Waals surface area contributed by atoms with Crippen LogP contribution in [0.5, 0.6) is 5.75 Å². The monoisotopic (exact) mass is 341 g/mol. The molecule has 0 aliphatic rings. The molecule has 0 fully saturated rings. The van der Waals surface area contributed by atoms with Crippen molar-refractivity contribution in [3.8, 4) is 5.75 Å². The first-order valence-electron chi connectivity index (χ1n) is 7.26. The van der Waals surface area contributed by atoms with Crippen molar-refractivity contribution < 1.29 is 18.8 Å². The number of fused-ring (bicyclic) bond motifs is 1. The maximum atomic E-state index is 13.3. The van der Waals surface area contributed by atoms with Crippen molar-refractivity contribution in [2.45, 2.75) is 13.8 Å². The molecular formula is C17H12FN3O4. The third-order valence-electron chi connectivity index (χ3n) is 3.63. The predicted molar refractivity (Wildman–Crippen MR) is 87.0 cm³/mol. The third kappa shape index (κ3) is 3.27. The molecule has 0 saturated heterocycles. The van der Waals surface area contributed by atoms with Crippen LogP contribution in [0.4, 0.5) is 10.1 Å². The van der Waals surface area contributed by atoms with Gasteiger partial charge in [0.15, 0.2) is 0 Å². The van der Waals surface area contributed by atoms with Crippen molar-refractivity contribution in [3.63, 3.8) is 0 Å². The SMILES string of the molecule is Cc1nc2ccc(C(=O)Oc3cc(F)ccc3[N+](=O)[O-])cc2nc1C. The second-order valence-electron chi connectivity index (χ2n) is 5.36. The van der Waals surface area contributed by atoms with Gasteiger partial charge in [-0.1, -0.05) is 0 Å². The van der Waals surface area contributed by atoms with Crippen molar-refractivity contribution in [2.24, 2.45) is 0 Å². The summed E-state index contributed by atoms with van der Waals surface area (Å²) in [6, 6.07) is 7.21. The summed E-state index contributed by atoms with van der Waals surface area (Å²) in [5, 5.41) is 11.0. The molecule has 0 aliphatic carbocycles. The van der Waals surface area contributed by atoms with E-state index in [1.807, 2.05) is 6.92 Å². The Balaban J connectivity index is 1.97. The number of rotatable bonds is 3. The fourth-order valence-electron chi connectivity index (χ4n) is 2.24. The molecule has 2 aromatic carbocycles. The number of nitro groups is 1. The molecule has 0 aliphatic heterocycles. The van der Waals surface area contributed by atoms with E-state index in [2.05, 4.69) is 9.97 Å². The Kier molecular flexibility index (Phi) is 4.10. The molecule has 1 aromatic heterocycles. The van der Waals surface area contributed by atoms with E-state index in [1.165, 1.54) is 12.1 Å². The highest BCUT2D eigenvalue weighted by Crippen LogP contribution is 2.28. The number of carbonyl (C=O) groups excluding carboxylic acids is 1. The van der Waals surface area contributed by atoms with E-state index in [9.17, 15) is 19.3 Å². The molecule has 3 rings (SSSR count). The van der Waals surface area contributed by atoms with Gasteiger partial charge in [-0.2, -0.15) is 0 Å². The van der Waals surface area contributed by atoms with E-state index in [0.717, 1.165) is 29.6 Å². The van der Waals surface area contributed by atoms with Crippen LogP contribution in [0, 0.1) is 29.8 Å². The quantitative estimate of drug-likeness (QED) is 0.313. The van der Waals surface area contributed by atoms with Gasteiger partial charge < -0.3 is 4.74 Å². The van der Waals surface area contributed by atoms with Gasteiger partial charge in [0.1, 0.15) is 5.82 Å². The highest BCUT2D eigenvalue weighted by Gasteiger charge is 2.20. The first-order valence-corrected chi connectivity index (χ1v) is 7.26. The zero-order valence-corrected chi connectivity index (χ0v) is 13.3. The maximum Gasteiger partial charge on any atom is 0.343 e. The zero-order chi connectivity index (χ0) is 18.1. The number of halogens is 1. The highest BCUT2D eigenvalue weighted by atomic mass is 19.1. The molecule has 126 valence electrons. The molecular weight excluding hydrogens is 329 g/mol. The Morgan fingerprint density at radius 3 is 2.44 bits per heavy atom. The van der Waals surface area contributed by atoms with Crippen LogP contribution in [0.3, 0.4) is 0 Å². The molecule has 25 heavy (non-hydrogen) atoms. The van der Waals surface area contributed by atoms with E-state index >= 15 is 0 Å². The van der Waals surface area contributed by atoms with E-state index in [4.69, 9.17) is 4.74 Å². The van der Waals surface area contributed by atoms with Gasteiger partial charge in [-0.05, 0) is 38.1 Å². The summed E-state index contributed by atoms with van der Waals surface area (Å²) in [6.45, 7) is 3.62. The normalized spacial score (nSPS) is 10.7. The van der Waals surface area contributed by atoms with Crippen LogP contribution in [0.1, 0.15) is 21.7 Å². The Morgan fingerprint density at radius 2 is 1.76 bits per heavy atom. The van der Waals surface area contributed by atoms with E-state index in [1.54, 1.807) is 13.0 Å². The summed E-state index contributed by atoms with van der Waals surface area (Å²) >= 11 is 0. The van der Waals surface area contributed by atoms with Crippen molar-refractivity contribution >= 4 is 22.7 Å². The molecule has 0 bridgehead atoms. The lowest BCUT2D eigenvalue weighted by Gasteiger charge is -2.07. The Morgan fingerprint density at radius 1 is 1.08 bits per heavy atom. The van der Waals surface area contributed by atoms with Crippen LogP contribution >= 0.6 is 0 Å². The lowest BCUT2D eigenvalue weighted by atomic mass is 10.2. The summed E-state index contributed by atoms with van der Waals surface area (Å²) in [5.41, 5.74) is 2.23. The molecule has 3 aromatic rings. The fraction of sp³-hybridized carbons (Fsp3) is 0.118. The molecule has 0 unspecified atom stereocenters. The molecule has 1 heterocycles. The number of nitro benzene ring substituents is 1. The third-order valence-corrected chi connectivity index (χ3v) is 3.63. The first kappa shape index (κ1) is 16.4. The lowest BCUT2D eigenvalue weighted by molar-refractivity contribution is -0.385. The van der Waals surface area contributed by atoms with Crippen LogP contribution in [0.2, 0.25) is 0 Å². The number of hydrogen-bond donors (Lipinski definition) is 0. The van der Waals surface area contributed by atoms with E-state index in [0.29, 0.717) is 11.0 Å². The van der Waals surface area contributed by atoms with E-state index < -0.39 is 28.1 Å². The minimum atomic E-state index is -0.851. The van der Waals surface area contributed by atoms with Crippen molar-refractivity contribution in [3.05, 3.63) is 69.3 Å². The topological polar surface area (TPSA) is 95.2 Å². The van der Waals surface area contributed by atoms with Crippen molar-refractivity contribution in [2.75, 3.05) is 0 Å². The number of aryl methyl sites for hydroxylation is 2. The minimum absolute atomic E-state index is 0.128. The van der Waals surface area contributed by atoms with Crippen LogP contribution in [0.15, 0.2) is 36.4 Å². The average Bonchev–Trinajstić information content (AvgIpc) is 2.55. The Labute approximate surface area is 141 Å². The van der Waals surface area contributed by atoms with E-state index in [-0.39, 0.29) is 5.56 Å². The molecule has 0 radical (unpaired) electrons. The van der Waals surface area contributed by atoms with Crippen LogP contribution in [-0.2, 0) is 0 Å². The molecule has 0 N–H and O–H groups in total. The molecule has 0 atom stereocenters. The standard InChI is InChI=1S/C17H12FN3O4/c1-9-10(2)20-14-7-11(3-5-13(14)19-9)17(22)25-16-8-12(18)4-6-15(16)21(23)24/h3-8H,1-2H3. The number of hydrogen-bond acceptors (Lipinski definition) is 6. The Hall–Kier alpha value is -3.42. The number of benzene rings is 2. The largest absolute Gasteiger partial charge is 0.415 e. The van der Waals surface area contributed by atoms with Gasteiger partial charge in [-0.25, -0.2) is 19.2 Å². The smallest absolute Gasteiger partial charge is 0.343 e. The van der Waals surface area contributed by atoms with Crippen molar-refractivity contribution in [1.29, 1.82) is 0 Å². The van der Waals surface area contributed by atoms with Gasteiger partial charge >= 0.3 is 11.7 Å². The summed E-state index contributed by atoms with van der Waals surface area (Å²) in [5.74, 6) is -2.05. The number of ether oxygens (including phenoxy) is 1. The number of carbonyl (C=O) groups is 1. The van der Waals surface area contributed by atoms with Crippen molar-refractivity contribution in [1.82, 2.24) is 9.97 Å². The molecule has 0 spiro atoms. The molecule has 0 amide bonds. The lowest BCUT2D eigenvalue weighted by Crippen LogP contribution is -2.10. The molecule has 7 nitrogen and oxygen atoms in total. The highest BCUT2D eigenvalue weighted by molar-refractivity contribution is 5.95. The molecule has 8 heteroatoms. The zero-order valence-electron chi connectivity index (χ0n) is 13.3. The summed E-state index contributed by atoms with van der Waals surface area (Å²) in [6.07, 6.45) is 0. The number of nitrogens with zero attached hydrogens (tertiary/aromatic N) is 3. The fourth-order valence-corrected chi connectivity index (χ4v) is 2.24. The molecule has 0 saturated carbocycles. The summed E-state index contributed by atoms with van der Waals surface area (Å²) in [7, 11) is 0. The summed E-state index contributed by atoms with van der Waals surface area (Å²) < 4.78 is 18.3. The second kappa shape index (κ2) is 6.23. The minimum Gasteiger partial charge on any atom is -0.415 e. The van der Waals surface area contributed by atoms with Gasteiger partial charge in [0.05, 0.1) is 32.9 Å². The van der Waals surface area contributed by atoms with Crippen LogP contribution < -0.4 is 4.74 Å². The first-order chi connectivity index (χ1) is 11.8. The van der Waals surface area contributed by atoms with Gasteiger partial charge in [0.2, 0.25) is 5.75 Å². The number of aromatic nitrogens is 2. The predicted octanol–water partition coefficient (Wildman–Crippen LogP) is 3.51. The van der Waals surface area contributed by atoms with Gasteiger partial charge in [-0.15, -0.1) is 0 Å². The van der Waals surface area contributed by atoms with Crippen LogP contribution in [-0.4, -0.2) is 20.9 Å². The summed E-state index contributed by atoms with van der Waals surface area (Å²) in [4.78, 5) is 31.2. The second-order valence-corrected chi connectivity index (χ2v) is 5.36. The maximum absolute atomic E-state index is 13.3. The van der Waals surface area contributed by atoms with Gasteiger partial charge in [0.25, 0.3) is 0 Å². The van der Waals surface area contributed by atoms with Gasteiger partial charge in [0, 0.05) is 12.1 Å². The van der Waals surface area contributed by atoms with Crippen LogP contribution in [0.25, 0.3) is 11.0 Å². The van der Waals surface area contributed by atoms with Gasteiger partial charge in [-0.3, -0.25) is 10.1 Å². The number of esters is 1.